The second kappa shape index (κ2) is 9.56. The summed E-state index contributed by atoms with van der Waals surface area (Å²) in [4.78, 5) is 13.5. The van der Waals surface area contributed by atoms with Crippen LogP contribution < -0.4 is 15.2 Å². The normalized spacial score (nSPS) is 52.4. The van der Waals surface area contributed by atoms with Crippen LogP contribution in [-0.2, 0) is 15.9 Å². The maximum atomic E-state index is 13.8. The fourth-order valence-electron chi connectivity index (χ4n) is 2.85. The molecule has 0 amide bonds. The molecule has 1 fully saturated rings. The highest BCUT2D eigenvalue weighted by Crippen LogP contribution is 2.44. The molecular weight excluding hydrogens is 380 g/mol. The molecule has 2 aliphatic heterocycles. The fourth-order valence-corrected chi connectivity index (χ4v) is 2.85. The molecule has 0 bridgehead atoms. The largest absolute Gasteiger partial charge is 0.493 e. The Labute approximate surface area is 211 Å². The standard InChI is InChI=1S/C24H38N2O4/c1-14(2)9-17-13-26-8-7-16-10-21(28-5)22(29-6)11-18(16)19(26)12-20(17)30-24(27)23(25)15(3)4/h10-11,14-15,17,19-20,23H,7-9,12-13,25H2,1-6H3/t17?,19?,20?,23-/m0/s1/i3D3,4D3,5D3,7D2,8D2,12D2,13D2,15D,17D,19D,20D,23D. The number of esters is 1. The summed E-state index contributed by atoms with van der Waals surface area (Å²) in [7, 11) is -2.28. The van der Waals surface area contributed by atoms with Crippen LogP contribution in [0.1, 0.15) is 87.6 Å². The van der Waals surface area contributed by atoms with E-state index in [2.05, 4.69) is 0 Å². The average molecular weight is 441 g/mol. The highest BCUT2D eigenvalue weighted by atomic mass is 16.5. The number of nitrogens with two attached hydrogens (primary N) is 1. The zero-order valence-corrected chi connectivity index (χ0v) is 16.6. The molecule has 168 valence electrons. The van der Waals surface area contributed by atoms with Crippen molar-refractivity contribution in [3.05, 3.63) is 23.3 Å². The van der Waals surface area contributed by atoms with Gasteiger partial charge in [0.2, 0.25) is 0 Å². The van der Waals surface area contributed by atoms with Crippen molar-refractivity contribution in [2.75, 3.05) is 27.1 Å². The maximum absolute atomic E-state index is 13.8. The van der Waals surface area contributed by atoms with Crippen LogP contribution in [0, 0.1) is 17.7 Å². The van der Waals surface area contributed by atoms with Crippen LogP contribution in [0.15, 0.2) is 12.1 Å². The predicted octanol–water partition coefficient (Wildman–Crippen LogP) is 3.56. The molecular formula is C24H38N2O4. The molecule has 0 spiro atoms. The summed E-state index contributed by atoms with van der Waals surface area (Å²) < 4.78 is 201. The van der Waals surface area contributed by atoms with Crippen molar-refractivity contribution < 1.29 is 49.2 Å². The smallest absolute Gasteiger partial charge is 0.323 e. The van der Waals surface area contributed by atoms with Gasteiger partial charge in [0.25, 0.3) is 0 Å². The number of rotatable bonds is 7. The molecule has 1 saturated heterocycles. The van der Waals surface area contributed by atoms with Crippen molar-refractivity contribution in [1.82, 2.24) is 4.90 Å². The maximum Gasteiger partial charge on any atom is 0.323 e. The molecule has 0 aliphatic carbocycles. The molecule has 4 atom stereocenters. The van der Waals surface area contributed by atoms with Crippen LogP contribution in [0.3, 0.4) is 0 Å². The van der Waals surface area contributed by atoms with Crippen LogP contribution in [-0.4, -0.2) is 50.1 Å². The summed E-state index contributed by atoms with van der Waals surface area (Å²) in [5.74, 6) is -12.9. The average Bonchev–Trinajstić information content (AvgIpc) is 2.91. The van der Waals surface area contributed by atoms with Gasteiger partial charge in [0.05, 0.1) is 22.4 Å². The molecule has 6 heteroatoms. The van der Waals surface area contributed by atoms with Crippen LogP contribution in [0.2, 0.25) is 0 Å². The SMILES string of the molecule is [2H]C([2H])([2H])Oc1cc2c(cc1OC)C1([2H])N(C([2H])([2H])C2([2H])[2H])C([2H])([2H])C([2H])(CC(C)C)C([2H])(OC(=O)[C@@]([2H])(N)C([2H])(C([2H])([2H])[2H])C([2H])([2H])[2H])C1([2H])[2H]. The Morgan fingerprint density at radius 2 is 2.17 bits per heavy atom. The molecule has 0 radical (unpaired) electrons. The quantitative estimate of drug-likeness (QED) is 0.654. The molecule has 6 nitrogen and oxygen atoms in total. The van der Waals surface area contributed by atoms with Gasteiger partial charge in [-0.05, 0) is 47.9 Å². The summed E-state index contributed by atoms with van der Waals surface area (Å²) in [5.41, 5.74) is 3.57. The predicted molar refractivity (Wildman–Crippen MR) is 118 cm³/mol. The van der Waals surface area contributed by atoms with Gasteiger partial charge >= 0.3 is 5.97 Å². The Kier molecular flexibility index (Phi) is 2.44. The lowest BCUT2D eigenvalue weighted by molar-refractivity contribution is -0.160. The summed E-state index contributed by atoms with van der Waals surface area (Å²) in [6.07, 6.45) is -13.0. The third kappa shape index (κ3) is 4.75. The lowest BCUT2D eigenvalue weighted by atomic mass is 9.79. The molecule has 0 saturated carbocycles. The zero-order chi connectivity index (χ0) is 41.3. The van der Waals surface area contributed by atoms with Crippen molar-refractivity contribution in [3.8, 4) is 11.5 Å². The topological polar surface area (TPSA) is 74.0 Å². The van der Waals surface area contributed by atoms with E-state index in [-0.39, 0.29) is 4.90 Å². The Balaban J connectivity index is 2.58. The highest BCUT2D eigenvalue weighted by Gasteiger charge is 2.41. The number of methoxy groups -OCH3 is 2. The van der Waals surface area contributed by atoms with E-state index in [1.165, 1.54) is 13.8 Å². The summed E-state index contributed by atoms with van der Waals surface area (Å²) in [6, 6.07) is -6.93. The minimum absolute atomic E-state index is 0.300. The van der Waals surface area contributed by atoms with Gasteiger partial charge in [-0.25, -0.2) is 0 Å². The minimum atomic E-state index is -4.27. The van der Waals surface area contributed by atoms with Gasteiger partial charge in [-0.2, -0.15) is 0 Å². The van der Waals surface area contributed by atoms with E-state index in [0.29, 0.717) is 12.1 Å². The summed E-state index contributed by atoms with van der Waals surface area (Å²) in [6.45, 7) is -13.4. The Morgan fingerprint density at radius 1 is 1.40 bits per heavy atom. The molecule has 30 heavy (non-hydrogen) atoms. The molecule has 1 aromatic carbocycles. The van der Waals surface area contributed by atoms with Gasteiger partial charge in [0, 0.05) is 53.2 Å². The molecule has 2 heterocycles. The number of benzene rings is 1. The number of aryl methyl sites for hydroxylation is 1. The monoisotopic (exact) mass is 440 g/mol. The van der Waals surface area contributed by atoms with Crippen LogP contribution in [0.5, 0.6) is 11.5 Å². The number of piperidine rings is 1. The van der Waals surface area contributed by atoms with Gasteiger partial charge in [0.15, 0.2) is 11.5 Å². The second-order valence-electron chi connectivity index (χ2n) is 6.89. The van der Waals surface area contributed by atoms with Gasteiger partial charge in [-0.1, -0.05) is 27.6 Å². The van der Waals surface area contributed by atoms with Crippen molar-refractivity contribution in [3.63, 3.8) is 0 Å². The van der Waals surface area contributed by atoms with Crippen LogP contribution in [0.4, 0.5) is 0 Å². The summed E-state index contributed by atoms with van der Waals surface area (Å²) >= 11 is 0. The van der Waals surface area contributed by atoms with Gasteiger partial charge < -0.3 is 19.9 Å². The van der Waals surface area contributed by atoms with Gasteiger partial charge in [-0.3, -0.25) is 9.69 Å². The van der Waals surface area contributed by atoms with Crippen molar-refractivity contribution in [2.24, 2.45) is 23.4 Å². The Bertz CT molecular complexity index is 1580. The molecule has 2 N–H and O–H groups in total. The number of hydrogen-bond donors (Lipinski definition) is 1. The number of fused-ring (bicyclic) bond motifs is 3. The Hall–Kier alpha value is -1.79. The van der Waals surface area contributed by atoms with E-state index in [1.54, 1.807) is 0 Å². The molecule has 1 aromatic rings. The van der Waals surface area contributed by atoms with Gasteiger partial charge in [-0.15, -0.1) is 0 Å². The number of carbonyl (C=O) groups is 1. The lowest BCUT2D eigenvalue weighted by Gasteiger charge is -2.47. The lowest BCUT2D eigenvalue weighted by Crippen LogP contribution is -2.51. The summed E-state index contributed by atoms with van der Waals surface area (Å²) in [5, 5.41) is 0. The first-order valence-corrected chi connectivity index (χ1v) is 8.91. The van der Waals surface area contributed by atoms with Crippen molar-refractivity contribution >= 4 is 5.97 Å². The highest BCUT2D eigenvalue weighted by molar-refractivity contribution is 5.76. The van der Waals surface area contributed by atoms with E-state index in [1.807, 2.05) is 0 Å². The molecule has 0 aromatic heterocycles. The van der Waals surface area contributed by atoms with E-state index in [4.69, 9.17) is 40.5 Å². The third-order valence-electron chi connectivity index (χ3n) is 4.24. The first-order valence-electron chi connectivity index (χ1n) is 19.9. The zero-order valence-electron chi connectivity index (χ0n) is 38.6. The third-order valence-corrected chi connectivity index (χ3v) is 4.24. The van der Waals surface area contributed by atoms with Crippen LogP contribution in [0.25, 0.3) is 0 Å². The van der Waals surface area contributed by atoms with Crippen molar-refractivity contribution in [1.29, 1.82) is 0 Å². The van der Waals surface area contributed by atoms with E-state index in [0.717, 1.165) is 7.11 Å². The Morgan fingerprint density at radius 3 is 2.83 bits per heavy atom. The van der Waals surface area contributed by atoms with Crippen LogP contribution >= 0.6 is 0 Å². The van der Waals surface area contributed by atoms with Crippen molar-refractivity contribution in [2.45, 2.75) is 64.8 Å². The number of ether oxygens (including phenoxy) is 3. The van der Waals surface area contributed by atoms with Gasteiger partial charge in [0.1, 0.15) is 12.1 Å². The number of hydrogen-bond acceptors (Lipinski definition) is 6. The second-order valence-corrected chi connectivity index (χ2v) is 6.89. The van der Waals surface area contributed by atoms with E-state index >= 15 is 0 Å². The number of nitrogens with zero attached hydrogens (tertiary/aromatic N) is 1. The first-order chi connectivity index (χ1) is 22.7. The minimum Gasteiger partial charge on any atom is -0.493 e. The molecule has 2 aliphatic rings. The number of carbonyl (C=O) groups excluding carboxylic acids is 1. The first kappa shape index (κ1) is 7.66. The fraction of sp³-hybridized carbons (Fsp3) is 0.708. The van der Waals surface area contributed by atoms with E-state index < -0.39 is 117 Å². The van der Waals surface area contributed by atoms with E-state index in [9.17, 15) is 14.4 Å². The molecule has 3 unspecified atom stereocenters. The molecule has 3 rings (SSSR count).